The Labute approximate surface area is 94.0 Å². The summed E-state index contributed by atoms with van der Waals surface area (Å²) in [6, 6.07) is 4.07. The van der Waals surface area contributed by atoms with Gasteiger partial charge in [0, 0.05) is 16.4 Å². The van der Waals surface area contributed by atoms with Gasteiger partial charge in [0.05, 0.1) is 0 Å². The first kappa shape index (κ1) is 11.7. The smallest absolute Gasteiger partial charge is 0.0413 e. The first-order valence-electron chi connectivity index (χ1n) is 4.94. The number of hydrogen-bond donors (Lipinski definition) is 1. The van der Waals surface area contributed by atoms with E-state index >= 15 is 0 Å². The fourth-order valence-electron chi connectivity index (χ4n) is 1.39. The Hall–Kier alpha value is -0.410. The Morgan fingerprint density at radius 2 is 2.14 bits per heavy atom. The van der Waals surface area contributed by atoms with Crippen molar-refractivity contribution >= 4 is 15.9 Å². The van der Waals surface area contributed by atoms with Crippen molar-refractivity contribution in [3.63, 3.8) is 0 Å². The number of pyridine rings is 1. The highest BCUT2D eigenvalue weighted by Crippen LogP contribution is 2.16. The van der Waals surface area contributed by atoms with Gasteiger partial charge in [-0.2, -0.15) is 0 Å². The number of hydrogen-bond acceptors (Lipinski definition) is 2. The standard InChI is InChI=1S/C11H17BrN2/c1-8(2)9(6-13)5-11-4-3-10(12)7-14-11/h3-4,7-9H,5-6,13H2,1-2H3. The van der Waals surface area contributed by atoms with Gasteiger partial charge in [0.25, 0.3) is 0 Å². The van der Waals surface area contributed by atoms with Gasteiger partial charge < -0.3 is 5.73 Å². The molecule has 0 aliphatic carbocycles. The van der Waals surface area contributed by atoms with Gasteiger partial charge in [0.2, 0.25) is 0 Å². The number of rotatable bonds is 4. The largest absolute Gasteiger partial charge is 0.330 e. The number of aromatic nitrogens is 1. The molecule has 0 saturated carbocycles. The minimum Gasteiger partial charge on any atom is -0.330 e. The summed E-state index contributed by atoms with van der Waals surface area (Å²) < 4.78 is 1.02. The number of nitrogens with two attached hydrogens (primary N) is 1. The molecule has 2 nitrogen and oxygen atoms in total. The lowest BCUT2D eigenvalue weighted by Gasteiger charge is -2.17. The molecular formula is C11H17BrN2. The van der Waals surface area contributed by atoms with E-state index in [1.807, 2.05) is 12.3 Å². The van der Waals surface area contributed by atoms with Gasteiger partial charge in [-0.05, 0) is 52.9 Å². The molecule has 0 aliphatic heterocycles. The molecular weight excluding hydrogens is 240 g/mol. The van der Waals surface area contributed by atoms with Crippen molar-refractivity contribution in [1.29, 1.82) is 0 Å². The molecule has 0 bridgehead atoms. The second-order valence-electron chi connectivity index (χ2n) is 3.91. The van der Waals surface area contributed by atoms with Crippen molar-refractivity contribution in [3.8, 4) is 0 Å². The molecule has 0 fully saturated rings. The summed E-state index contributed by atoms with van der Waals surface area (Å²) >= 11 is 3.37. The molecule has 1 unspecified atom stereocenters. The Morgan fingerprint density at radius 1 is 1.43 bits per heavy atom. The van der Waals surface area contributed by atoms with Crippen LogP contribution in [0.15, 0.2) is 22.8 Å². The van der Waals surface area contributed by atoms with Crippen LogP contribution in [0.4, 0.5) is 0 Å². The highest BCUT2D eigenvalue weighted by Gasteiger charge is 2.12. The molecule has 0 amide bonds. The van der Waals surface area contributed by atoms with Gasteiger partial charge in [0.1, 0.15) is 0 Å². The summed E-state index contributed by atoms with van der Waals surface area (Å²) in [6.07, 6.45) is 2.81. The normalized spacial score (nSPS) is 13.2. The number of halogens is 1. The molecule has 1 heterocycles. The second kappa shape index (κ2) is 5.47. The van der Waals surface area contributed by atoms with Crippen molar-refractivity contribution in [1.82, 2.24) is 4.98 Å². The van der Waals surface area contributed by atoms with Crippen molar-refractivity contribution in [2.75, 3.05) is 6.54 Å². The molecule has 14 heavy (non-hydrogen) atoms. The van der Waals surface area contributed by atoms with E-state index < -0.39 is 0 Å². The van der Waals surface area contributed by atoms with Gasteiger partial charge in [-0.25, -0.2) is 0 Å². The lowest BCUT2D eigenvalue weighted by molar-refractivity contribution is 0.388. The van der Waals surface area contributed by atoms with Crippen LogP contribution >= 0.6 is 15.9 Å². The zero-order valence-corrected chi connectivity index (χ0v) is 10.3. The fraction of sp³-hybridized carbons (Fsp3) is 0.545. The molecule has 2 N–H and O–H groups in total. The minimum absolute atomic E-state index is 0.531. The monoisotopic (exact) mass is 256 g/mol. The summed E-state index contributed by atoms with van der Waals surface area (Å²) in [6.45, 7) is 5.14. The van der Waals surface area contributed by atoms with Crippen LogP contribution in [0, 0.1) is 11.8 Å². The zero-order chi connectivity index (χ0) is 10.6. The van der Waals surface area contributed by atoms with Crippen LogP contribution in [0.25, 0.3) is 0 Å². The topological polar surface area (TPSA) is 38.9 Å². The third-order valence-electron chi connectivity index (χ3n) is 2.51. The van der Waals surface area contributed by atoms with Crippen molar-refractivity contribution < 1.29 is 0 Å². The van der Waals surface area contributed by atoms with Gasteiger partial charge in [-0.1, -0.05) is 13.8 Å². The zero-order valence-electron chi connectivity index (χ0n) is 8.70. The van der Waals surface area contributed by atoms with Crippen LogP contribution in [-0.2, 0) is 6.42 Å². The van der Waals surface area contributed by atoms with Crippen LogP contribution in [0.3, 0.4) is 0 Å². The summed E-state index contributed by atoms with van der Waals surface area (Å²) in [7, 11) is 0. The van der Waals surface area contributed by atoms with Gasteiger partial charge in [-0.15, -0.1) is 0 Å². The maximum absolute atomic E-state index is 5.71. The summed E-state index contributed by atoms with van der Waals surface area (Å²) in [5.74, 6) is 1.15. The fourth-order valence-corrected chi connectivity index (χ4v) is 1.62. The molecule has 1 atom stereocenters. The maximum Gasteiger partial charge on any atom is 0.0413 e. The van der Waals surface area contributed by atoms with E-state index in [9.17, 15) is 0 Å². The van der Waals surface area contributed by atoms with E-state index in [1.54, 1.807) is 0 Å². The molecule has 0 radical (unpaired) electrons. The first-order valence-corrected chi connectivity index (χ1v) is 5.73. The summed E-state index contributed by atoms with van der Waals surface area (Å²) in [4.78, 5) is 4.35. The Morgan fingerprint density at radius 3 is 2.57 bits per heavy atom. The summed E-state index contributed by atoms with van der Waals surface area (Å²) in [5.41, 5.74) is 6.84. The van der Waals surface area contributed by atoms with E-state index in [2.05, 4.69) is 40.8 Å². The lowest BCUT2D eigenvalue weighted by atomic mass is 9.91. The first-order chi connectivity index (χ1) is 6.63. The van der Waals surface area contributed by atoms with E-state index in [0.29, 0.717) is 11.8 Å². The maximum atomic E-state index is 5.71. The van der Waals surface area contributed by atoms with E-state index in [4.69, 9.17) is 5.73 Å². The van der Waals surface area contributed by atoms with E-state index in [0.717, 1.165) is 23.1 Å². The van der Waals surface area contributed by atoms with Gasteiger partial charge >= 0.3 is 0 Å². The average molecular weight is 257 g/mol. The van der Waals surface area contributed by atoms with Crippen molar-refractivity contribution in [2.24, 2.45) is 17.6 Å². The van der Waals surface area contributed by atoms with E-state index in [-0.39, 0.29) is 0 Å². The van der Waals surface area contributed by atoms with Crippen LogP contribution in [-0.4, -0.2) is 11.5 Å². The molecule has 1 aromatic heterocycles. The van der Waals surface area contributed by atoms with Crippen molar-refractivity contribution in [2.45, 2.75) is 20.3 Å². The minimum atomic E-state index is 0.531. The van der Waals surface area contributed by atoms with Crippen LogP contribution in [0.1, 0.15) is 19.5 Å². The van der Waals surface area contributed by atoms with Crippen molar-refractivity contribution in [3.05, 3.63) is 28.5 Å². The SMILES string of the molecule is CC(C)C(CN)Cc1ccc(Br)cn1. The second-order valence-corrected chi connectivity index (χ2v) is 4.83. The Balaban J connectivity index is 2.63. The van der Waals surface area contributed by atoms with Gasteiger partial charge in [0.15, 0.2) is 0 Å². The number of nitrogens with zero attached hydrogens (tertiary/aromatic N) is 1. The molecule has 0 aliphatic rings. The molecule has 0 spiro atoms. The Bertz CT molecular complexity index is 269. The lowest BCUT2D eigenvalue weighted by Crippen LogP contribution is -2.22. The molecule has 0 aromatic carbocycles. The predicted octanol–water partition coefficient (Wildman–Crippen LogP) is 2.62. The van der Waals surface area contributed by atoms with Crippen LogP contribution in [0.2, 0.25) is 0 Å². The predicted molar refractivity (Wildman–Crippen MR) is 63.0 cm³/mol. The Kier molecular flexibility index (Phi) is 4.55. The van der Waals surface area contributed by atoms with Crippen LogP contribution in [0.5, 0.6) is 0 Å². The molecule has 1 aromatic rings. The highest BCUT2D eigenvalue weighted by atomic mass is 79.9. The molecule has 78 valence electrons. The average Bonchev–Trinajstić information content (AvgIpc) is 2.16. The van der Waals surface area contributed by atoms with Crippen LogP contribution < -0.4 is 5.73 Å². The molecule has 1 rings (SSSR count). The third-order valence-corrected chi connectivity index (χ3v) is 2.97. The van der Waals surface area contributed by atoms with Gasteiger partial charge in [-0.3, -0.25) is 4.98 Å². The third kappa shape index (κ3) is 3.39. The highest BCUT2D eigenvalue weighted by molar-refractivity contribution is 9.10. The van der Waals surface area contributed by atoms with E-state index in [1.165, 1.54) is 0 Å². The summed E-state index contributed by atoms with van der Waals surface area (Å²) in [5, 5.41) is 0. The molecule has 0 saturated heterocycles. The quantitative estimate of drug-likeness (QED) is 0.900. The molecule has 3 heteroatoms.